The van der Waals surface area contributed by atoms with Gasteiger partial charge >= 0.3 is 0 Å². The molecule has 1 aliphatic heterocycles. The fourth-order valence-electron chi connectivity index (χ4n) is 3.30. The zero-order valence-corrected chi connectivity index (χ0v) is 16.7. The quantitative estimate of drug-likeness (QED) is 0.776. The van der Waals surface area contributed by atoms with E-state index in [0.29, 0.717) is 29.9 Å². The van der Waals surface area contributed by atoms with Crippen molar-refractivity contribution in [2.45, 2.75) is 37.5 Å². The van der Waals surface area contributed by atoms with Crippen LogP contribution >= 0.6 is 0 Å². The van der Waals surface area contributed by atoms with E-state index in [9.17, 15) is 18.0 Å². The number of benzene rings is 2. The average Bonchev–Trinajstić information content (AvgIpc) is 2.98. The second kappa shape index (κ2) is 8.67. The average molecular weight is 401 g/mol. The van der Waals surface area contributed by atoms with Crippen LogP contribution in [0, 0.1) is 0 Å². The number of anilines is 1. The van der Waals surface area contributed by atoms with Gasteiger partial charge in [0.05, 0.1) is 10.6 Å². The summed E-state index contributed by atoms with van der Waals surface area (Å²) in [6, 6.07) is 12.7. The lowest BCUT2D eigenvalue weighted by Crippen LogP contribution is -2.31. The van der Waals surface area contributed by atoms with E-state index in [1.807, 2.05) is 0 Å². The van der Waals surface area contributed by atoms with Crippen LogP contribution in [0.4, 0.5) is 5.69 Å². The zero-order valence-electron chi connectivity index (χ0n) is 15.8. The topological polar surface area (TPSA) is 83.5 Å². The van der Waals surface area contributed by atoms with Gasteiger partial charge < -0.3 is 5.32 Å². The fraction of sp³-hybridized carbons (Fsp3) is 0.333. The van der Waals surface area contributed by atoms with E-state index in [1.165, 1.54) is 35.5 Å². The molecule has 0 aromatic heterocycles. The first kappa shape index (κ1) is 20.2. The van der Waals surface area contributed by atoms with Crippen molar-refractivity contribution in [3.8, 4) is 0 Å². The lowest BCUT2D eigenvalue weighted by molar-refractivity contribution is 0.101. The second-order valence-corrected chi connectivity index (χ2v) is 8.84. The number of nitrogens with zero attached hydrogens (tertiary/aromatic N) is 1. The molecule has 6 nitrogen and oxygen atoms in total. The molecule has 1 aliphatic rings. The Morgan fingerprint density at radius 1 is 0.893 bits per heavy atom. The number of para-hydroxylation sites is 1. The van der Waals surface area contributed by atoms with Crippen LogP contribution in [0.2, 0.25) is 0 Å². The van der Waals surface area contributed by atoms with Crippen molar-refractivity contribution >= 4 is 27.4 Å². The van der Waals surface area contributed by atoms with Crippen LogP contribution in [0.3, 0.4) is 0 Å². The number of ketones is 1. The minimum absolute atomic E-state index is 0.144. The largest absolute Gasteiger partial charge is 0.321 e. The smallest absolute Gasteiger partial charge is 0.255 e. The summed E-state index contributed by atoms with van der Waals surface area (Å²) in [4.78, 5) is 24.4. The van der Waals surface area contributed by atoms with Gasteiger partial charge in [-0.15, -0.1) is 0 Å². The van der Waals surface area contributed by atoms with Gasteiger partial charge in [0.2, 0.25) is 10.0 Å². The molecule has 7 heteroatoms. The molecule has 1 heterocycles. The van der Waals surface area contributed by atoms with E-state index in [-0.39, 0.29) is 10.7 Å². The number of carbonyl (C=O) groups excluding carboxylic acids is 2. The SMILES string of the molecule is CC(=O)c1ccccc1NC(=O)c1ccc(S(=O)(=O)N2CCCCCC2)cc1. The summed E-state index contributed by atoms with van der Waals surface area (Å²) in [5.41, 5.74) is 1.19. The number of hydrogen-bond acceptors (Lipinski definition) is 4. The Morgan fingerprint density at radius 2 is 1.50 bits per heavy atom. The molecule has 0 aliphatic carbocycles. The summed E-state index contributed by atoms with van der Waals surface area (Å²) in [5.74, 6) is -0.540. The summed E-state index contributed by atoms with van der Waals surface area (Å²) in [6.45, 7) is 2.51. The molecule has 0 spiro atoms. The van der Waals surface area contributed by atoms with Crippen LogP contribution < -0.4 is 5.32 Å². The standard InChI is InChI=1S/C21H24N2O4S/c1-16(24)19-8-4-5-9-20(19)22-21(25)17-10-12-18(13-11-17)28(26,27)23-14-6-2-3-7-15-23/h4-5,8-13H,2-3,6-7,14-15H2,1H3,(H,22,25). The molecule has 0 saturated carbocycles. The van der Waals surface area contributed by atoms with Gasteiger partial charge in [-0.1, -0.05) is 25.0 Å². The summed E-state index contributed by atoms with van der Waals surface area (Å²) in [7, 11) is -3.55. The van der Waals surface area contributed by atoms with Gasteiger partial charge in [-0.05, 0) is 56.2 Å². The number of carbonyl (C=O) groups is 2. The third-order valence-corrected chi connectivity index (χ3v) is 6.79. The highest BCUT2D eigenvalue weighted by molar-refractivity contribution is 7.89. The van der Waals surface area contributed by atoms with E-state index in [1.54, 1.807) is 24.3 Å². The van der Waals surface area contributed by atoms with Crippen molar-refractivity contribution in [2.75, 3.05) is 18.4 Å². The van der Waals surface area contributed by atoms with Crippen molar-refractivity contribution in [1.29, 1.82) is 0 Å². The highest BCUT2D eigenvalue weighted by Crippen LogP contribution is 2.21. The Hall–Kier alpha value is -2.51. The van der Waals surface area contributed by atoms with Crippen molar-refractivity contribution in [2.24, 2.45) is 0 Å². The lowest BCUT2D eigenvalue weighted by atomic mass is 10.1. The number of rotatable bonds is 5. The van der Waals surface area contributed by atoms with Crippen LogP contribution in [0.5, 0.6) is 0 Å². The van der Waals surface area contributed by atoms with Crippen molar-refractivity contribution in [3.63, 3.8) is 0 Å². The number of hydrogen-bond donors (Lipinski definition) is 1. The van der Waals surface area contributed by atoms with Crippen molar-refractivity contribution < 1.29 is 18.0 Å². The molecule has 1 saturated heterocycles. The Bertz CT molecular complexity index is 960. The molecule has 148 valence electrons. The van der Waals surface area contributed by atoms with Gasteiger partial charge in [0.15, 0.2) is 5.78 Å². The summed E-state index contributed by atoms with van der Waals surface area (Å²) < 4.78 is 27.2. The van der Waals surface area contributed by atoms with Gasteiger partial charge in [0.25, 0.3) is 5.91 Å². The van der Waals surface area contributed by atoms with E-state index >= 15 is 0 Å². The maximum Gasteiger partial charge on any atom is 0.255 e. The van der Waals surface area contributed by atoms with E-state index in [0.717, 1.165) is 25.7 Å². The second-order valence-electron chi connectivity index (χ2n) is 6.90. The molecule has 0 atom stereocenters. The third-order valence-electron chi connectivity index (χ3n) is 4.87. The lowest BCUT2D eigenvalue weighted by Gasteiger charge is -2.20. The van der Waals surface area contributed by atoms with Crippen LogP contribution in [-0.4, -0.2) is 37.5 Å². The maximum absolute atomic E-state index is 12.8. The van der Waals surface area contributed by atoms with E-state index in [2.05, 4.69) is 5.32 Å². The molecule has 2 aromatic rings. The minimum atomic E-state index is -3.55. The first-order valence-corrected chi connectivity index (χ1v) is 10.8. The van der Waals surface area contributed by atoms with Gasteiger partial charge in [-0.2, -0.15) is 4.31 Å². The predicted octanol–water partition coefficient (Wildman–Crippen LogP) is 3.71. The number of amides is 1. The Balaban J connectivity index is 1.77. The van der Waals surface area contributed by atoms with Crippen molar-refractivity contribution in [3.05, 3.63) is 59.7 Å². The van der Waals surface area contributed by atoms with Gasteiger partial charge in [-0.25, -0.2) is 8.42 Å². The molecule has 0 unspecified atom stereocenters. The van der Waals surface area contributed by atoms with E-state index in [4.69, 9.17) is 0 Å². The molecular weight excluding hydrogens is 376 g/mol. The minimum Gasteiger partial charge on any atom is -0.321 e. The first-order chi connectivity index (χ1) is 13.4. The number of sulfonamides is 1. The normalized spacial score (nSPS) is 15.6. The zero-order chi connectivity index (χ0) is 20.1. The van der Waals surface area contributed by atoms with Crippen LogP contribution in [0.25, 0.3) is 0 Å². The van der Waals surface area contributed by atoms with Crippen LogP contribution in [0.15, 0.2) is 53.4 Å². The molecule has 1 amide bonds. The number of nitrogens with one attached hydrogen (secondary N) is 1. The Morgan fingerprint density at radius 3 is 2.11 bits per heavy atom. The Labute approximate surface area is 165 Å². The molecule has 1 fully saturated rings. The fourth-order valence-corrected chi connectivity index (χ4v) is 4.82. The van der Waals surface area contributed by atoms with Crippen LogP contribution in [0.1, 0.15) is 53.3 Å². The molecular formula is C21H24N2O4S. The van der Waals surface area contributed by atoms with Gasteiger partial charge in [0, 0.05) is 24.2 Å². The van der Waals surface area contributed by atoms with E-state index < -0.39 is 15.9 Å². The van der Waals surface area contributed by atoms with Crippen molar-refractivity contribution in [1.82, 2.24) is 4.31 Å². The molecule has 2 aromatic carbocycles. The molecule has 0 bridgehead atoms. The maximum atomic E-state index is 12.8. The highest BCUT2D eigenvalue weighted by Gasteiger charge is 2.25. The van der Waals surface area contributed by atoms with Crippen LogP contribution in [-0.2, 0) is 10.0 Å². The summed E-state index contributed by atoms with van der Waals surface area (Å²) in [5, 5.41) is 2.72. The molecule has 3 rings (SSSR count). The predicted molar refractivity (Wildman–Crippen MR) is 108 cm³/mol. The Kier molecular flexibility index (Phi) is 6.26. The third kappa shape index (κ3) is 4.48. The van der Waals surface area contributed by atoms with Gasteiger partial charge in [-0.3, -0.25) is 9.59 Å². The summed E-state index contributed by atoms with van der Waals surface area (Å²) >= 11 is 0. The molecule has 0 radical (unpaired) electrons. The highest BCUT2D eigenvalue weighted by atomic mass is 32.2. The molecule has 1 N–H and O–H groups in total. The number of Topliss-reactive ketones (excluding diaryl/α,β-unsaturated/α-hetero) is 1. The summed E-state index contributed by atoms with van der Waals surface area (Å²) in [6.07, 6.45) is 3.84. The first-order valence-electron chi connectivity index (χ1n) is 9.41. The monoisotopic (exact) mass is 400 g/mol. The molecule has 28 heavy (non-hydrogen) atoms. The van der Waals surface area contributed by atoms with Gasteiger partial charge in [0.1, 0.15) is 0 Å².